The molecule has 198 valence electrons. The molecule has 1 aliphatic carbocycles. The van der Waals surface area contributed by atoms with Gasteiger partial charge in [-0.2, -0.15) is 13.2 Å². The molecule has 1 saturated carbocycles. The van der Waals surface area contributed by atoms with Crippen LogP contribution in [0.15, 0.2) is 42.5 Å². The third kappa shape index (κ3) is 6.05. The lowest BCUT2D eigenvalue weighted by atomic mass is 10.00. The molecule has 1 atom stereocenters. The van der Waals surface area contributed by atoms with E-state index in [9.17, 15) is 18.0 Å². The maximum absolute atomic E-state index is 13.6. The van der Waals surface area contributed by atoms with E-state index >= 15 is 0 Å². The fourth-order valence-electron chi connectivity index (χ4n) is 4.84. The Kier molecular flexibility index (Phi) is 6.62. The van der Waals surface area contributed by atoms with E-state index in [1.807, 2.05) is 39.0 Å². The summed E-state index contributed by atoms with van der Waals surface area (Å²) < 4.78 is 59.9. The first kappa shape index (κ1) is 25.5. The number of carbonyl (C=O) groups excluding carboxylic acids is 1. The van der Waals surface area contributed by atoms with E-state index in [1.165, 1.54) is 6.07 Å². The molecule has 0 radical (unpaired) electrons. The molecule has 2 aliphatic rings. The summed E-state index contributed by atoms with van der Waals surface area (Å²) in [4.78, 5) is 12.4. The van der Waals surface area contributed by atoms with Crippen LogP contribution in [0.1, 0.15) is 69.2 Å². The monoisotopic (exact) mass is 515 g/mol. The van der Waals surface area contributed by atoms with E-state index in [0.717, 1.165) is 48.5 Å². The molecule has 1 aliphatic heterocycles. The van der Waals surface area contributed by atoms with Gasteiger partial charge in [0.1, 0.15) is 23.7 Å². The molecule has 0 saturated heterocycles. The van der Waals surface area contributed by atoms with Gasteiger partial charge in [0.15, 0.2) is 0 Å². The largest absolute Gasteiger partial charge is 0.493 e. The number of hydrogen-bond donors (Lipinski definition) is 0. The number of hydrogen-bond acceptors (Lipinski definition) is 4. The van der Waals surface area contributed by atoms with Crippen LogP contribution in [0, 0.1) is 5.92 Å². The van der Waals surface area contributed by atoms with Gasteiger partial charge in [0.25, 0.3) is 0 Å². The molecule has 2 heterocycles. The number of alkyl halides is 3. The van der Waals surface area contributed by atoms with Crippen LogP contribution in [-0.2, 0) is 28.9 Å². The second-order valence-corrected chi connectivity index (χ2v) is 11.1. The Labute approximate surface area is 214 Å². The number of aromatic nitrogens is 1. The lowest BCUT2D eigenvalue weighted by Crippen LogP contribution is -2.24. The average molecular weight is 516 g/mol. The summed E-state index contributed by atoms with van der Waals surface area (Å²) in [7, 11) is 0. The molecule has 8 heteroatoms. The van der Waals surface area contributed by atoms with Crippen molar-refractivity contribution in [1.29, 1.82) is 0 Å². The van der Waals surface area contributed by atoms with Crippen molar-refractivity contribution in [3.63, 3.8) is 0 Å². The van der Waals surface area contributed by atoms with Crippen LogP contribution >= 0.6 is 0 Å². The van der Waals surface area contributed by atoms with Gasteiger partial charge in [-0.25, -0.2) is 0 Å². The van der Waals surface area contributed by atoms with Crippen molar-refractivity contribution in [2.45, 2.75) is 77.3 Å². The Balaban J connectivity index is 1.28. The van der Waals surface area contributed by atoms with Crippen molar-refractivity contribution in [3.8, 4) is 11.5 Å². The number of esters is 1. The van der Waals surface area contributed by atoms with Crippen LogP contribution in [0.4, 0.5) is 13.2 Å². The summed E-state index contributed by atoms with van der Waals surface area (Å²) in [6.45, 7) is 6.73. The molecule has 0 amide bonds. The number of halogens is 3. The first-order valence-corrected chi connectivity index (χ1v) is 12.8. The van der Waals surface area contributed by atoms with Crippen molar-refractivity contribution >= 4 is 16.9 Å². The van der Waals surface area contributed by atoms with E-state index in [1.54, 1.807) is 6.07 Å². The lowest BCUT2D eigenvalue weighted by Gasteiger charge is -2.20. The Morgan fingerprint density at radius 3 is 2.49 bits per heavy atom. The second-order valence-electron chi connectivity index (χ2n) is 11.1. The summed E-state index contributed by atoms with van der Waals surface area (Å²) in [6.07, 6.45) is -1.28. The smallest absolute Gasteiger partial charge is 0.419 e. The summed E-state index contributed by atoms with van der Waals surface area (Å²) in [5.41, 5.74) is 1.27. The van der Waals surface area contributed by atoms with Crippen molar-refractivity contribution in [2.75, 3.05) is 6.61 Å². The van der Waals surface area contributed by atoms with Crippen molar-refractivity contribution in [1.82, 2.24) is 4.57 Å². The first-order valence-electron chi connectivity index (χ1n) is 12.8. The normalized spacial score (nSPS) is 17.6. The number of carbonyl (C=O) groups is 1. The van der Waals surface area contributed by atoms with Crippen LogP contribution in [0.3, 0.4) is 0 Å². The zero-order valence-corrected chi connectivity index (χ0v) is 21.4. The van der Waals surface area contributed by atoms with E-state index < -0.39 is 17.3 Å². The molecule has 37 heavy (non-hydrogen) atoms. The Morgan fingerprint density at radius 2 is 1.78 bits per heavy atom. The number of benzene rings is 2. The molecule has 0 bridgehead atoms. The van der Waals surface area contributed by atoms with Gasteiger partial charge in [0.2, 0.25) is 0 Å². The third-order valence-electron chi connectivity index (χ3n) is 6.78. The van der Waals surface area contributed by atoms with Crippen LogP contribution in [0.25, 0.3) is 10.9 Å². The Hall–Kier alpha value is -3.16. The standard InChI is InChI=1S/C29H32F3NO4/c1-28(2,3)37-27(34)15-20-10-11-33-24-8-7-22(13-21(24)14-25(20)33)35-17-19-6-9-26(36-16-18-4-5-18)23(12-19)29(30,31)32/h6-9,12-14,18,20H,4-5,10-11,15-17H2,1-3H3. The van der Waals surface area contributed by atoms with Gasteiger partial charge in [-0.3, -0.25) is 4.79 Å². The molecule has 5 nitrogen and oxygen atoms in total. The molecule has 1 aromatic heterocycles. The highest BCUT2D eigenvalue weighted by molar-refractivity contribution is 5.84. The minimum atomic E-state index is -4.50. The van der Waals surface area contributed by atoms with E-state index in [-0.39, 0.29) is 24.2 Å². The SMILES string of the molecule is CC(C)(C)OC(=O)CC1CCn2c1cc1cc(OCc3ccc(OCC4CC4)c(C(F)(F)F)c3)ccc12. The predicted molar refractivity (Wildman–Crippen MR) is 134 cm³/mol. The van der Waals surface area contributed by atoms with Crippen molar-refractivity contribution in [3.05, 3.63) is 59.3 Å². The minimum Gasteiger partial charge on any atom is -0.493 e. The van der Waals surface area contributed by atoms with Crippen molar-refractivity contribution < 1.29 is 32.2 Å². The topological polar surface area (TPSA) is 49.7 Å². The average Bonchev–Trinajstić information content (AvgIpc) is 3.46. The molecule has 1 fully saturated rings. The van der Waals surface area contributed by atoms with E-state index in [2.05, 4.69) is 10.6 Å². The zero-order chi connectivity index (χ0) is 26.4. The summed E-state index contributed by atoms with van der Waals surface area (Å²) in [6, 6.07) is 11.9. The fraction of sp³-hybridized carbons (Fsp3) is 0.483. The van der Waals surface area contributed by atoms with E-state index in [4.69, 9.17) is 14.2 Å². The lowest BCUT2D eigenvalue weighted by molar-refractivity contribution is -0.155. The quantitative estimate of drug-likeness (QED) is 0.297. The van der Waals surface area contributed by atoms with E-state index in [0.29, 0.717) is 30.3 Å². The number of nitrogens with zero attached hydrogens (tertiary/aromatic N) is 1. The Morgan fingerprint density at radius 1 is 1.00 bits per heavy atom. The molecular formula is C29H32F3NO4. The molecule has 0 spiro atoms. The predicted octanol–water partition coefficient (Wildman–Crippen LogP) is 7.25. The van der Waals surface area contributed by atoms with Gasteiger partial charge in [-0.1, -0.05) is 6.07 Å². The highest BCUT2D eigenvalue weighted by Crippen LogP contribution is 2.40. The van der Waals surface area contributed by atoms with Crippen molar-refractivity contribution in [2.24, 2.45) is 5.92 Å². The maximum Gasteiger partial charge on any atom is 0.419 e. The second kappa shape index (κ2) is 9.62. The van der Waals surface area contributed by atoms with Gasteiger partial charge in [-0.05, 0) is 87.9 Å². The van der Waals surface area contributed by atoms with Gasteiger partial charge < -0.3 is 18.8 Å². The van der Waals surface area contributed by atoms with Gasteiger partial charge >= 0.3 is 12.1 Å². The summed E-state index contributed by atoms with van der Waals surface area (Å²) >= 11 is 0. The molecule has 3 aromatic rings. The zero-order valence-electron chi connectivity index (χ0n) is 21.4. The van der Waals surface area contributed by atoms with Crippen LogP contribution in [0.5, 0.6) is 11.5 Å². The van der Waals surface area contributed by atoms with Crippen LogP contribution in [-0.4, -0.2) is 22.7 Å². The molecule has 0 N–H and O–H groups in total. The number of fused-ring (bicyclic) bond motifs is 3. The molecule has 1 unspecified atom stereocenters. The maximum atomic E-state index is 13.6. The van der Waals surface area contributed by atoms with Crippen LogP contribution < -0.4 is 9.47 Å². The number of ether oxygens (including phenoxy) is 3. The summed E-state index contributed by atoms with van der Waals surface area (Å²) in [5.74, 6) is 0.690. The summed E-state index contributed by atoms with van der Waals surface area (Å²) in [5, 5.41) is 0.973. The van der Waals surface area contributed by atoms with Gasteiger partial charge in [-0.15, -0.1) is 0 Å². The number of rotatable bonds is 8. The van der Waals surface area contributed by atoms with Gasteiger partial charge in [0.05, 0.1) is 18.6 Å². The Bertz CT molecular complexity index is 1300. The fourth-order valence-corrected chi connectivity index (χ4v) is 4.84. The van der Waals surface area contributed by atoms with Crippen LogP contribution in [0.2, 0.25) is 0 Å². The third-order valence-corrected chi connectivity index (χ3v) is 6.78. The van der Waals surface area contributed by atoms with Gasteiger partial charge in [0, 0.05) is 29.1 Å². The number of aryl methyl sites for hydroxylation is 1. The minimum absolute atomic E-state index is 0.00628. The molecule has 2 aromatic carbocycles. The molecular weight excluding hydrogens is 483 g/mol. The first-order chi connectivity index (χ1) is 17.5. The highest BCUT2D eigenvalue weighted by Gasteiger charge is 2.35. The molecule has 5 rings (SSSR count). The highest BCUT2D eigenvalue weighted by atomic mass is 19.4.